The number of nitrogen functional groups attached to an aromatic ring is 1. The Bertz CT molecular complexity index is 7760. The van der Waals surface area contributed by atoms with E-state index in [4.69, 9.17) is 62.0 Å². The number of aromatic hydroxyl groups is 2. The Morgan fingerprint density at radius 3 is 1.34 bits per heavy atom. The molecule has 0 saturated heterocycles. The van der Waals surface area contributed by atoms with E-state index in [0.29, 0.717) is 79.3 Å². The molecular formula is C65H55N15O38S13. The van der Waals surface area contributed by atoms with E-state index in [1.54, 1.807) is 36.4 Å². The molecular weight excluding hydrogens is 2020 g/mol. The number of nitro benzene ring substituents is 1. The first-order valence-electron chi connectivity index (χ1n) is 34.0. The lowest BCUT2D eigenvalue weighted by Gasteiger charge is -2.13. The first kappa shape index (κ1) is 105. The maximum Gasteiger partial charge on any atom is 0.425 e. The number of hydrogen-bond donors (Lipinski definition) is 11. The van der Waals surface area contributed by atoms with Gasteiger partial charge in [0.05, 0.1) is 67.9 Å². The van der Waals surface area contributed by atoms with E-state index in [9.17, 15) is 110 Å². The van der Waals surface area contributed by atoms with Crippen LogP contribution in [0, 0.1) is 10.1 Å². The highest BCUT2D eigenvalue weighted by atomic mass is 32.3. The molecule has 11 aromatic rings. The summed E-state index contributed by atoms with van der Waals surface area (Å²) in [7, 11) is -46.4. The van der Waals surface area contributed by atoms with Crippen LogP contribution in [0.4, 0.5) is 68.2 Å². The molecule has 0 unspecified atom stereocenters. The molecule has 0 aliphatic rings. The molecule has 0 amide bonds. The zero-order valence-corrected chi connectivity index (χ0v) is 75.1. The number of methoxy groups -OCH3 is 1. The minimum Gasteiger partial charge on any atom is -0.505 e. The number of benzene rings is 10. The molecule has 1 aromatic heterocycles. The Morgan fingerprint density at radius 2 is 0.855 bits per heavy atom. The van der Waals surface area contributed by atoms with Crippen molar-refractivity contribution in [3.63, 3.8) is 0 Å². The van der Waals surface area contributed by atoms with Gasteiger partial charge >= 0.3 is 31.8 Å². The SMILES string of the molecule is COc1cc(N=Nc2ccc3cccc(S(=O)(=O)O)c3c2)ccc1Cc1nc(SCCCS(=O)(=O)O)nc(SCCCS(=O)(=O)O)n1.Nc1c(N=Nc2ccc3c(O)c(N=Nc4ccc(N=Nc5ccc(S(=O)(=O)O)cc5)cc4)c(S(=O)(=O)O)cc3c2S(=O)(=O)O)cc(S(=O)(=O)O)c2ccc(N=Nc3ccc([N+](=O)[O-])cc3S(=O)(=O)O)c(O)c12.O=S(=O)=O.O=S(=O)=O.O=S(=O)=O. The molecule has 0 aliphatic heterocycles. The van der Waals surface area contributed by atoms with Crippen LogP contribution < -0.4 is 10.5 Å². The minimum atomic E-state index is -5.55. The number of phenolic OH excluding ortho intramolecular Hbond substituents is 2. The van der Waals surface area contributed by atoms with Gasteiger partial charge in [0.1, 0.15) is 64.5 Å². The van der Waals surface area contributed by atoms with Crippen molar-refractivity contribution in [3.05, 3.63) is 179 Å². The van der Waals surface area contributed by atoms with Gasteiger partial charge in [0.15, 0.2) is 21.8 Å². The van der Waals surface area contributed by atoms with Crippen molar-refractivity contribution < 1.29 is 162 Å². The van der Waals surface area contributed by atoms with Crippen LogP contribution in [0.1, 0.15) is 24.2 Å². The van der Waals surface area contributed by atoms with Crippen molar-refractivity contribution in [2.45, 2.75) is 58.9 Å². The molecule has 0 fully saturated rings. The smallest absolute Gasteiger partial charge is 0.425 e. The molecule has 1 heterocycles. The van der Waals surface area contributed by atoms with Gasteiger partial charge in [-0.3, -0.25) is 46.5 Å². The molecule has 11 rings (SSSR count). The summed E-state index contributed by atoms with van der Waals surface area (Å²) in [5.74, 6) is -1.55. The number of nitro groups is 1. The van der Waals surface area contributed by atoms with Crippen LogP contribution in [0.5, 0.6) is 17.2 Å². The molecule has 0 spiro atoms. The number of rotatable bonds is 30. The number of nitrogens with zero attached hydrogens (tertiary/aromatic N) is 14. The van der Waals surface area contributed by atoms with E-state index < -0.39 is 222 Å². The summed E-state index contributed by atoms with van der Waals surface area (Å²) in [5.41, 5.74) is 2.94. The third-order valence-corrected chi connectivity index (χ3v) is 24.8. The topological polar surface area (TPSA) is 870 Å². The largest absolute Gasteiger partial charge is 0.505 e. The average Bonchev–Trinajstić information content (AvgIpc) is 0.740. The first-order chi connectivity index (χ1) is 60.7. The Kier molecular flexibility index (Phi) is 35.7. The van der Waals surface area contributed by atoms with Crippen molar-refractivity contribution in [1.82, 2.24) is 15.0 Å². The highest BCUT2D eigenvalue weighted by Gasteiger charge is 2.30. The van der Waals surface area contributed by atoms with Crippen molar-refractivity contribution in [2.75, 3.05) is 35.9 Å². The van der Waals surface area contributed by atoms with Gasteiger partial charge in [0.2, 0.25) is 0 Å². The Balaban J connectivity index is 0.000000340. The van der Waals surface area contributed by atoms with Crippen LogP contribution in [-0.2, 0) is 119 Å². The Hall–Kier alpha value is -12.6. The molecule has 0 bridgehead atoms. The maximum absolute atomic E-state index is 13.0. The number of phenols is 2. The van der Waals surface area contributed by atoms with Gasteiger partial charge < -0.3 is 20.7 Å². The number of non-ortho nitro benzene ring substituents is 1. The van der Waals surface area contributed by atoms with Gasteiger partial charge in [0.25, 0.3) is 86.6 Å². The van der Waals surface area contributed by atoms with E-state index in [1.165, 1.54) is 85.2 Å². The highest BCUT2D eigenvalue weighted by Crippen LogP contribution is 2.49. The molecule has 0 aliphatic carbocycles. The van der Waals surface area contributed by atoms with Crippen molar-refractivity contribution in [2.24, 2.45) is 51.1 Å². The number of anilines is 1. The standard InChI is InChI=1S/C38H26N10O19S5.C27H29N5O10S5.3O3S/c39-34-29(17-30(69(56,57)58)24-11-13-27(37(50)33(24)34)44-43-26-12-7-21(48(51)52)15-31(26)70(59,60)61)46-45-28-14-10-23-25(38(28)72(65,66)67)16-32(71(62,63)64)35(36(23)49)47-42-19-3-1-18(2-4-19)40-41-20-5-8-22(9-6-20)68(53,54)55;1-42-23-17-21(32-31-20-9-7-18-5-2-6-24(22(18)16-20)47(39,40)41)10-8-19(23)15-25-28-26(43-11-3-13-45(33,34)35)30-27(29-25)44-12-4-14-46(36,37)38;3*1-4(2)3/h1-17,49-50H,39H2,(H,53,54,55)(H,56,57,58)(H,59,60,61)(H,62,63,64)(H,65,66,67);2,5-10,16-17H,3-4,11-15H2,1H3,(H,33,34,35)(H,36,37,38)(H,39,40,41);;;. The molecule has 12 N–H and O–H groups in total. The van der Waals surface area contributed by atoms with Gasteiger partial charge in [-0.15, -0.1) is 63.5 Å². The van der Waals surface area contributed by atoms with Crippen molar-refractivity contribution in [3.8, 4) is 17.2 Å². The summed E-state index contributed by atoms with van der Waals surface area (Å²) < 4.78 is 349. The summed E-state index contributed by atoms with van der Waals surface area (Å²) in [4.78, 5) is 18.3. The molecule has 0 saturated carbocycles. The van der Waals surface area contributed by atoms with E-state index in [-0.39, 0.29) is 46.1 Å². The van der Waals surface area contributed by atoms with Crippen LogP contribution >= 0.6 is 23.5 Å². The number of nitrogens with two attached hydrogens (primary N) is 1. The second-order valence-corrected chi connectivity index (χ2v) is 39.6. The molecule has 53 nitrogen and oxygen atoms in total. The fourth-order valence-corrected chi connectivity index (χ4v) is 17.7. The monoisotopic (exact) mass is 2070 g/mol. The number of fused-ring (bicyclic) bond motifs is 3. The van der Waals surface area contributed by atoms with Crippen LogP contribution in [0.2, 0.25) is 0 Å². The van der Waals surface area contributed by atoms with Crippen molar-refractivity contribution in [1.29, 1.82) is 0 Å². The second-order valence-electron chi connectivity index (χ2n) is 24.8. The lowest BCUT2D eigenvalue weighted by molar-refractivity contribution is -0.385. The van der Waals surface area contributed by atoms with E-state index in [1.807, 2.05) is 0 Å². The minimum absolute atomic E-state index is 0.00260. The molecule has 0 atom stereocenters. The zero-order chi connectivity index (χ0) is 97.9. The summed E-state index contributed by atoms with van der Waals surface area (Å²) in [6, 6.07) is 31.3. The Labute approximate surface area is 750 Å². The quantitative estimate of drug-likeness (QED) is 0.00379. The fraction of sp³-hybridized carbons (Fsp3) is 0.123. The number of azo groups is 5. The van der Waals surface area contributed by atoms with Crippen LogP contribution in [-0.4, -0.2) is 202 Å². The second kappa shape index (κ2) is 44.4. The molecule has 66 heteroatoms. The lowest BCUT2D eigenvalue weighted by Crippen LogP contribution is -2.07. The van der Waals surface area contributed by atoms with Crippen LogP contribution in [0.25, 0.3) is 32.3 Å². The van der Waals surface area contributed by atoms with E-state index >= 15 is 0 Å². The van der Waals surface area contributed by atoms with Gasteiger partial charge in [-0.1, -0.05) is 53.9 Å². The number of aromatic nitrogens is 3. The maximum atomic E-state index is 13.0. The summed E-state index contributed by atoms with van der Waals surface area (Å²) in [6.45, 7) is 0. The molecule has 0 radical (unpaired) electrons. The summed E-state index contributed by atoms with van der Waals surface area (Å²) >= 11 is 2.34. The first-order valence-corrected chi connectivity index (χ1v) is 50.8. The fourth-order valence-electron chi connectivity index (χ4n) is 10.6. The summed E-state index contributed by atoms with van der Waals surface area (Å²) in [6.07, 6.45) is 0.515. The lowest BCUT2D eigenvalue weighted by atomic mass is 10.1. The third kappa shape index (κ3) is 31.9. The van der Waals surface area contributed by atoms with E-state index in [0.717, 1.165) is 48.5 Å². The molecule has 131 heavy (non-hydrogen) atoms. The number of ether oxygens (including phenoxy) is 1. The van der Waals surface area contributed by atoms with Gasteiger partial charge in [0, 0.05) is 63.2 Å². The molecule has 10 aromatic carbocycles. The number of thioether (sulfide) groups is 2. The zero-order valence-electron chi connectivity index (χ0n) is 64.5. The molecule has 696 valence electrons. The van der Waals surface area contributed by atoms with Gasteiger partial charge in [-0.25, -0.2) is 9.97 Å². The highest BCUT2D eigenvalue weighted by molar-refractivity contribution is 7.99. The predicted molar refractivity (Wildman–Crippen MR) is 454 cm³/mol. The van der Waals surface area contributed by atoms with Gasteiger partial charge in [-0.05, 0) is 127 Å². The van der Waals surface area contributed by atoms with Gasteiger partial charge in [-0.2, -0.15) is 97.9 Å². The average molecular weight is 2070 g/mol. The normalized spacial score (nSPS) is 12.3. The van der Waals surface area contributed by atoms with Crippen molar-refractivity contribution >= 4 is 237 Å². The predicted octanol–water partition coefficient (Wildman–Crippen LogP) is 10.8. The van der Waals surface area contributed by atoms with E-state index in [2.05, 4.69) is 66.1 Å². The Morgan fingerprint density at radius 1 is 0.412 bits per heavy atom. The third-order valence-electron chi connectivity index (χ3n) is 15.9. The van der Waals surface area contributed by atoms with Crippen LogP contribution in [0.3, 0.4) is 0 Å². The summed E-state index contributed by atoms with van der Waals surface area (Å²) in [5, 5.41) is 71.5. The number of hydrogen-bond acceptors (Lipinski definition) is 46. The van der Waals surface area contributed by atoms with Crippen LogP contribution in [0.15, 0.2) is 249 Å².